The summed E-state index contributed by atoms with van der Waals surface area (Å²) in [7, 11) is 0. The lowest BCUT2D eigenvalue weighted by molar-refractivity contribution is -0.149. The van der Waals surface area contributed by atoms with E-state index in [2.05, 4.69) is 13.8 Å². The van der Waals surface area contributed by atoms with Gasteiger partial charge in [0.25, 0.3) is 0 Å². The fourth-order valence-corrected chi connectivity index (χ4v) is 2.44. The number of carbonyl (C=O) groups excluding carboxylic acids is 2. The first-order chi connectivity index (χ1) is 11.1. The Labute approximate surface area is 142 Å². The molecule has 136 valence electrons. The smallest absolute Gasteiger partial charge is 0.306 e. The number of hydrogen-bond donors (Lipinski definition) is 0. The van der Waals surface area contributed by atoms with E-state index in [1.54, 1.807) is 0 Å². The van der Waals surface area contributed by atoms with Gasteiger partial charge in [-0.25, -0.2) is 0 Å². The molecule has 1 unspecified atom stereocenters. The van der Waals surface area contributed by atoms with E-state index in [1.165, 1.54) is 32.1 Å². The van der Waals surface area contributed by atoms with Crippen LogP contribution in [-0.2, 0) is 19.1 Å². The molecule has 0 N–H and O–H groups in total. The van der Waals surface area contributed by atoms with Crippen LogP contribution in [0.15, 0.2) is 0 Å². The minimum absolute atomic E-state index is 0.0308. The van der Waals surface area contributed by atoms with Crippen molar-refractivity contribution in [3.05, 3.63) is 0 Å². The van der Waals surface area contributed by atoms with Crippen LogP contribution in [0.3, 0.4) is 0 Å². The monoisotopic (exact) mass is 328 g/mol. The molecule has 0 heterocycles. The molecule has 0 aromatic rings. The van der Waals surface area contributed by atoms with Gasteiger partial charge in [0.1, 0.15) is 0 Å². The molecule has 0 aliphatic heterocycles. The highest BCUT2D eigenvalue weighted by Gasteiger charge is 2.10. The van der Waals surface area contributed by atoms with Gasteiger partial charge >= 0.3 is 11.9 Å². The molecule has 0 fully saturated rings. The molecule has 0 aliphatic rings. The predicted octanol–water partition coefficient (Wildman–Crippen LogP) is 5.18. The Morgan fingerprint density at radius 3 is 2.04 bits per heavy atom. The lowest BCUT2D eigenvalue weighted by atomic mass is 10.1. The SMILES string of the molecule is CCCCCCCCCOC(=O)CCCC(=O)OC(C)CCC. The second-order valence-corrected chi connectivity index (χ2v) is 6.28. The Morgan fingerprint density at radius 1 is 0.783 bits per heavy atom. The second kappa shape index (κ2) is 15.8. The van der Waals surface area contributed by atoms with Crippen molar-refractivity contribution in [3.63, 3.8) is 0 Å². The minimum atomic E-state index is -0.217. The van der Waals surface area contributed by atoms with Crippen molar-refractivity contribution < 1.29 is 19.1 Å². The molecule has 0 bridgehead atoms. The molecule has 0 aliphatic carbocycles. The quantitative estimate of drug-likeness (QED) is 0.307. The second-order valence-electron chi connectivity index (χ2n) is 6.28. The van der Waals surface area contributed by atoms with Crippen molar-refractivity contribution in [1.82, 2.24) is 0 Å². The Bertz CT molecular complexity index is 302. The Balaban J connectivity index is 3.41. The van der Waals surface area contributed by atoms with Crippen molar-refractivity contribution in [3.8, 4) is 0 Å². The van der Waals surface area contributed by atoms with Crippen LogP contribution < -0.4 is 0 Å². The van der Waals surface area contributed by atoms with Crippen molar-refractivity contribution >= 4 is 11.9 Å². The fourth-order valence-electron chi connectivity index (χ4n) is 2.44. The first-order valence-electron chi connectivity index (χ1n) is 9.45. The molecular weight excluding hydrogens is 292 g/mol. The van der Waals surface area contributed by atoms with E-state index in [1.807, 2.05) is 6.92 Å². The molecule has 4 heteroatoms. The third-order valence-corrected chi connectivity index (χ3v) is 3.80. The van der Waals surface area contributed by atoms with Crippen LogP contribution in [0.5, 0.6) is 0 Å². The molecule has 4 nitrogen and oxygen atoms in total. The molecule has 0 aromatic heterocycles. The number of esters is 2. The number of unbranched alkanes of at least 4 members (excludes halogenated alkanes) is 6. The van der Waals surface area contributed by atoms with Gasteiger partial charge in [-0.2, -0.15) is 0 Å². The average molecular weight is 328 g/mol. The van der Waals surface area contributed by atoms with E-state index in [0.29, 0.717) is 25.9 Å². The number of ether oxygens (including phenoxy) is 2. The first kappa shape index (κ1) is 21.9. The maximum absolute atomic E-state index is 11.5. The highest BCUT2D eigenvalue weighted by molar-refractivity contribution is 5.72. The minimum Gasteiger partial charge on any atom is -0.466 e. The van der Waals surface area contributed by atoms with Gasteiger partial charge in [-0.3, -0.25) is 9.59 Å². The standard InChI is InChI=1S/C19H36O4/c1-4-6-7-8-9-10-11-16-22-18(20)14-12-15-19(21)23-17(3)13-5-2/h17H,4-16H2,1-3H3. The highest BCUT2D eigenvalue weighted by Crippen LogP contribution is 2.08. The van der Waals surface area contributed by atoms with Crippen molar-refractivity contribution in [2.24, 2.45) is 0 Å². The lowest BCUT2D eigenvalue weighted by Gasteiger charge is -2.11. The van der Waals surface area contributed by atoms with Gasteiger partial charge in [-0.15, -0.1) is 0 Å². The van der Waals surface area contributed by atoms with Crippen LogP contribution in [0.1, 0.15) is 97.8 Å². The third-order valence-electron chi connectivity index (χ3n) is 3.80. The number of carbonyl (C=O) groups is 2. The molecule has 0 rings (SSSR count). The normalized spacial score (nSPS) is 12.0. The summed E-state index contributed by atoms with van der Waals surface area (Å²) in [6.45, 7) is 6.68. The molecule has 0 radical (unpaired) electrons. The first-order valence-corrected chi connectivity index (χ1v) is 9.45. The Morgan fingerprint density at radius 2 is 1.39 bits per heavy atom. The molecule has 0 saturated heterocycles. The third kappa shape index (κ3) is 15.6. The lowest BCUT2D eigenvalue weighted by Crippen LogP contribution is -2.15. The summed E-state index contributed by atoms with van der Waals surface area (Å²) in [6.07, 6.45) is 11.4. The maximum atomic E-state index is 11.5. The van der Waals surface area contributed by atoms with Crippen LogP contribution in [-0.4, -0.2) is 24.6 Å². The van der Waals surface area contributed by atoms with Crippen molar-refractivity contribution in [2.75, 3.05) is 6.61 Å². The van der Waals surface area contributed by atoms with E-state index < -0.39 is 0 Å². The summed E-state index contributed by atoms with van der Waals surface area (Å²) in [5.74, 6) is -0.420. The maximum Gasteiger partial charge on any atom is 0.306 e. The molecule has 0 saturated carbocycles. The zero-order valence-electron chi connectivity index (χ0n) is 15.4. The Kier molecular flexibility index (Phi) is 15.1. The van der Waals surface area contributed by atoms with Crippen LogP contribution in [0.4, 0.5) is 0 Å². The van der Waals surface area contributed by atoms with Crippen LogP contribution in [0.25, 0.3) is 0 Å². The molecule has 0 amide bonds. The summed E-state index contributed by atoms with van der Waals surface area (Å²) in [6, 6.07) is 0. The van der Waals surface area contributed by atoms with Crippen molar-refractivity contribution in [2.45, 2.75) is 104 Å². The van der Waals surface area contributed by atoms with Crippen LogP contribution in [0.2, 0.25) is 0 Å². The van der Waals surface area contributed by atoms with Gasteiger partial charge in [0.05, 0.1) is 12.7 Å². The number of hydrogen-bond acceptors (Lipinski definition) is 4. The highest BCUT2D eigenvalue weighted by atomic mass is 16.5. The number of rotatable bonds is 15. The predicted molar refractivity (Wildman–Crippen MR) is 93.3 cm³/mol. The zero-order chi connectivity index (χ0) is 17.3. The molecule has 1 atom stereocenters. The molecule has 23 heavy (non-hydrogen) atoms. The summed E-state index contributed by atoms with van der Waals surface area (Å²) in [4.78, 5) is 23.1. The summed E-state index contributed by atoms with van der Waals surface area (Å²) < 4.78 is 10.4. The van der Waals surface area contributed by atoms with E-state index in [0.717, 1.165) is 25.7 Å². The molecule has 0 spiro atoms. The Hall–Kier alpha value is -1.06. The molecule has 0 aromatic carbocycles. The van der Waals surface area contributed by atoms with Gasteiger partial charge in [0, 0.05) is 12.8 Å². The van der Waals surface area contributed by atoms with E-state index in [9.17, 15) is 9.59 Å². The largest absolute Gasteiger partial charge is 0.466 e. The van der Waals surface area contributed by atoms with Gasteiger partial charge in [-0.05, 0) is 26.2 Å². The topological polar surface area (TPSA) is 52.6 Å². The van der Waals surface area contributed by atoms with Crippen molar-refractivity contribution in [1.29, 1.82) is 0 Å². The van der Waals surface area contributed by atoms with Gasteiger partial charge in [0.2, 0.25) is 0 Å². The fraction of sp³-hybridized carbons (Fsp3) is 0.895. The van der Waals surface area contributed by atoms with E-state index >= 15 is 0 Å². The van der Waals surface area contributed by atoms with E-state index in [4.69, 9.17) is 9.47 Å². The zero-order valence-corrected chi connectivity index (χ0v) is 15.4. The average Bonchev–Trinajstić information content (AvgIpc) is 2.50. The summed E-state index contributed by atoms with van der Waals surface area (Å²) in [5.41, 5.74) is 0. The van der Waals surface area contributed by atoms with Crippen LogP contribution in [0, 0.1) is 0 Å². The summed E-state index contributed by atoms with van der Waals surface area (Å²) in [5, 5.41) is 0. The van der Waals surface area contributed by atoms with Gasteiger partial charge in [-0.1, -0.05) is 58.8 Å². The van der Waals surface area contributed by atoms with Gasteiger partial charge in [0.15, 0.2) is 0 Å². The summed E-state index contributed by atoms with van der Waals surface area (Å²) >= 11 is 0. The van der Waals surface area contributed by atoms with Gasteiger partial charge < -0.3 is 9.47 Å². The molecular formula is C19H36O4. The van der Waals surface area contributed by atoms with Crippen LogP contribution >= 0.6 is 0 Å². The van der Waals surface area contributed by atoms with E-state index in [-0.39, 0.29) is 18.0 Å².